The fraction of sp³-hybridized carbons (Fsp3) is 0.0476. The number of hydrogen-bond donors (Lipinski definition) is 2. The van der Waals surface area contributed by atoms with Gasteiger partial charge in [0.2, 0.25) is 5.91 Å². The highest BCUT2D eigenvalue weighted by molar-refractivity contribution is 6.05. The molecule has 7 heteroatoms. The van der Waals surface area contributed by atoms with Crippen LogP contribution in [0.5, 0.6) is 0 Å². The van der Waals surface area contributed by atoms with Gasteiger partial charge in [-0.2, -0.15) is 13.2 Å². The maximum Gasteiger partial charge on any atom is 0.417 e. The van der Waals surface area contributed by atoms with E-state index in [1.165, 1.54) is 6.33 Å². The Balaban J connectivity index is 2.14. The first-order chi connectivity index (χ1) is 13.4. The summed E-state index contributed by atoms with van der Waals surface area (Å²) in [6, 6.07) is 15.3. The summed E-state index contributed by atoms with van der Waals surface area (Å²) >= 11 is 0. The maximum atomic E-state index is 13.9. The molecule has 140 valence electrons. The molecule has 0 fully saturated rings. The normalized spacial score (nSPS) is 11.7. The van der Waals surface area contributed by atoms with Crippen molar-refractivity contribution < 1.29 is 18.0 Å². The smallest absolute Gasteiger partial charge is 0.366 e. The molecule has 1 amide bonds. The van der Waals surface area contributed by atoms with Crippen LogP contribution in [-0.2, 0) is 6.18 Å². The zero-order valence-electron chi connectivity index (χ0n) is 14.4. The third-order valence-corrected chi connectivity index (χ3v) is 4.55. The van der Waals surface area contributed by atoms with Crippen molar-refractivity contribution in [2.45, 2.75) is 6.18 Å². The highest BCUT2D eigenvalue weighted by Gasteiger charge is 2.36. The number of benzene rings is 3. The molecular weight excluding hydrogens is 367 g/mol. The van der Waals surface area contributed by atoms with E-state index >= 15 is 0 Å². The number of rotatable bonds is 3. The summed E-state index contributed by atoms with van der Waals surface area (Å²) in [5.41, 5.74) is 6.72. The molecule has 0 aliphatic carbocycles. The molecular formula is C21H14F3N3O. The summed E-state index contributed by atoms with van der Waals surface area (Å²) in [5, 5.41) is 0. The first-order valence-corrected chi connectivity index (χ1v) is 8.39. The van der Waals surface area contributed by atoms with Crippen molar-refractivity contribution in [1.82, 2.24) is 9.97 Å². The second kappa shape index (κ2) is 6.53. The zero-order valence-corrected chi connectivity index (χ0v) is 14.4. The first-order valence-electron chi connectivity index (χ1n) is 8.39. The second-order valence-electron chi connectivity index (χ2n) is 6.27. The minimum atomic E-state index is -4.62. The van der Waals surface area contributed by atoms with Crippen molar-refractivity contribution in [1.29, 1.82) is 0 Å². The van der Waals surface area contributed by atoms with Crippen LogP contribution in [0.1, 0.15) is 15.9 Å². The van der Waals surface area contributed by atoms with Gasteiger partial charge < -0.3 is 10.7 Å². The van der Waals surface area contributed by atoms with E-state index in [9.17, 15) is 18.0 Å². The minimum Gasteiger partial charge on any atom is -0.366 e. The topological polar surface area (TPSA) is 71.8 Å². The number of amides is 1. The van der Waals surface area contributed by atoms with Crippen LogP contribution in [0.4, 0.5) is 13.2 Å². The Bertz CT molecular complexity index is 1180. The van der Waals surface area contributed by atoms with Crippen molar-refractivity contribution in [3.63, 3.8) is 0 Å². The number of aromatic nitrogens is 2. The van der Waals surface area contributed by atoms with E-state index in [0.29, 0.717) is 22.2 Å². The van der Waals surface area contributed by atoms with Gasteiger partial charge in [-0.3, -0.25) is 4.79 Å². The van der Waals surface area contributed by atoms with Gasteiger partial charge in [0, 0.05) is 16.7 Å². The Morgan fingerprint density at radius 3 is 2.36 bits per heavy atom. The van der Waals surface area contributed by atoms with Crippen molar-refractivity contribution in [3.05, 3.63) is 78.1 Å². The molecule has 0 saturated heterocycles. The van der Waals surface area contributed by atoms with Crippen molar-refractivity contribution in [2.24, 2.45) is 5.73 Å². The monoisotopic (exact) mass is 381 g/mol. The Kier molecular flexibility index (Phi) is 4.15. The average Bonchev–Trinajstić information content (AvgIpc) is 3.14. The summed E-state index contributed by atoms with van der Waals surface area (Å²) in [7, 11) is 0. The molecule has 0 aliphatic rings. The van der Waals surface area contributed by atoms with Crippen molar-refractivity contribution in [3.8, 4) is 22.3 Å². The Labute approximate surface area is 157 Å². The molecule has 28 heavy (non-hydrogen) atoms. The predicted molar refractivity (Wildman–Crippen MR) is 100 cm³/mol. The maximum absolute atomic E-state index is 13.9. The van der Waals surface area contributed by atoms with Crippen LogP contribution in [0.25, 0.3) is 33.3 Å². The number of H-pyrrole nitrogens is 1. The van der Waals surface area contributed by atoms with Gasteiger partial charge in [0.25, 0.3) is 0 Å². The van der Waals surface area contributed by atoms with Crippen LogP contribution >= 0.6 is 0 Å². The molecule has 4 nitrogen and oxygen atoms in total. The molecule has 0 atom stereocenters. The number of nitrogens with zero attached hydrogens (tertiary/aromatic N) is 1. The third kappa shape index (κ3) is 3.00. The van der Waals surface area contributed by atoms with Gasteiger partial charge in [-0.25, -0.2) is 4.98 Å². The summed E-state index contributed by atoms with van der Waals surface area (Å²) in [6.07, 6.45) is -3.15. The molecule has 0 radical (unpaired) electrons. The van der Waals surface area contributed by atoms with E-state index in [2.05, 4.69) is 9.97 Å². The van der Waals surface area contributed by atoms with Gasteiger partial charge in [0.05, 0.1) is 22.9 Å². The summed E-state index contributed by atoms with van der Waals surface area (Å²) < 4.78 is 41.6. The number of nitrogens with one attached hydrogen (secondary N) is 1. The van der Waals surface area contributed by atoms with E-state index in [1.807, 2.05) is 0 Å². The van der Waals surface area contributed by atoms with Crippen molar-refractivity contribution >= 4 is 16.9 Å². The van der Waals surface area contributed by atoms with E-state index < -0.39 is 17.6 Å². The second-order valence-corrected chi connectivity index (χ2v) is 6.27. The first kappa shape index (κ1) is 17.8. The SMILES string of the molecule is NC(=O)c1ccc(C(F)(F)F)c(-c2ccc3[nH]cnc3c2)c1-c1ccccc1. The van der Waals surface area contributed by atoms with E-state index in [4.69, 9.17) is 5.73 Å². The predicted octanol–water partition coefficient (Wildman–Crippen LogP) is 5.01. The Hall–Kier alpha value is -3.61. The zero-order chi connectivity index (χ0) is 19.9. The molecule has 3 aromatic carbocycles. The highest BCUT2D eigenvalue weighted by atomic mass is 19.4. The standard InChI is InChI=1S/C21H14F3N3O/c22-21(23,24)15-8-7-14(20(25)28)18(12-4-2-1-3-5-12)19(15)13-6-9-16-17(10-13)27-11-26-16/h1-11H,(H2,25,28)(H,26,27). The molecule has 3 N–H and O–H groups in total. The van der Waals surface area contributed by atoms with Crippen LogP contribution in [0.2, 0.25) is 0 Å². The molecule has 0 aliphatic heterocycles. The number of hydrogen-bond acceptors (Lipinski definition) is 2. The van der Waals surface area contributed by atoms with Crippen molar-refractivity contribution in [2.75, 3.05) is 0 Å². The quantitative estimate of drug-likeness (QED) is 0.523. The lowest BCUT2D eigenvalue weighted by atomic mass is 9.86. The van der Waals surface area contributed by atoms with Crippen LogP contribution in [0.15, 0.2) is 67.0 Å². The fourth-order valence-electron chi connectivity index (χ4n) is 3.34. The number of carbonyl (C=O) groups excluding carboxylic acids is 1. The molecule has 0 unspecified atom stereocenters. The average molecular weight is 381 g/mol. The number of aromatic amines is 1. The van der Waals surface area contributed by atoms with Crippen LogP contribution in [-0.4, -0.2) is 15.9 Å². The molecule has 0 saturated carbocycles. The number of nitrogens with two attached hydrogens (primary N) is 1. The van der Waals surface area contributed by atoms with Gasteiger partial charge in [-0.1, -0.05) is 36.4 Å². The number of fused-ring (bicyclic) bond motifs is 1. The third-order valence-electron chi connectivity index (χ3n) is 4.55. The van der Waals surface area contributed by atoms with Crippen LogP contribution < -0.4 is 5.73 Å². The lowest BCUT2D eigenvalue weighted by Gasteiger charge is -2.20. The van der Waals surface area contributed by atoms with Crippen LogP contribution in [0.3, 0.4) is 0 Å². The summed E-state index contributed by atoms with van der Waals surface area (Å²) in [4.78, 5) is 19.1. The number of halogens is 3. The molecule has 0 spiro atoms. The largest absolute Gasteiger partial charge is 0.417 e. The van der Waals surface area contributed by atoms with E-state index in [1.54, 1.807) is 48.5 Å². The van der Waals surface area contributed by atoms with E-state index in [-0.39, 0.29) is 16.7 Å². The molecule has 1 aromatic heterocycles. The number of alkyl halides is 3. The summed E-state index contributed by atoms with van der Waals surface area (Å²) in [6.45, 7) is 0. The number of carbonyl (C=O) groups is 1. The highest BCUT2D eigenvalue weighted by Crippen LogP contribution is 2.44. The number of primary amides is 1. The fourth-order valence-corrected chi connectivity index (χ4v) is 3.34. The molecule has 4 rings (SSSR count). The minimum absolute atomic E-state index is 0.0244. The Morgan fingerprint density at radius 1 is 0.929 bits per heavy atom. The van der Waals surface area contributed by atoms with E-state index in [0.717, 1.165) is 12.1 Å². The van der Waals surface area contributed by atoms with Gasteiger partial charge in [-0.15, -0.1) is 0 Å². The summed E-state index contributed by atoms with van der Waals surface area (Å²) in [5.74, 6) is -0.797. The lowest BCUT2D eigenvalue weighted by Crippen LogP contribution is -2.16. The van der Waals surface area contributed by atoms with Gasteiger partial charge in [0.1, 0.15) is 0 Å². The van der Waals surface area contributed by atoms with Gasteiger partial charge >= 0.3 is 6.18 Å². The van der Waals surface area contributed by atoms with Gasteiger partial charge in [-0.05, 0) is 35.4 Å². The Morgan fingerprint density at radius 2 is 1.68 bits per heavy atom. The number of imidazole rings is 1. The molecule has 0 bridgehead atoms. The van der Waals surface area contributed by atoms with Gasteiger partial charge in [0.15, 0.2) is 0 Å². The lowest BCUT2D eigenvalue weighted by molar-refractivity contribution is -0.137. The molecule has 4 aromatic rings. The molecule has 1 heterocycles. The van der Waals surface area contributed by atoms with Crippen LogP contribution in [0, 0.1) is 0 Å².